The number of amides is 1. The first-order valence-electron chi connectivity index (χ1n) is 8.02. The van der Waals surface area contributed by atoms with E-state index in [9.17, 15) is 9.59 Å². The SMILES string of the molecule is COc1cccc(C2NC(=O)c3oc4c(C)cc(C)cc4c(=O)c32)c1. The molecule has 1 aliphatic rings. The predicted molar refractivity (Wildman–Crippen MR) is 94.3 cm³/mol. The highest BCUT2D eigenvalue weighted by molar-refractivity contribution is 5.99. The van der Waals surface area contributed by atoms with Crippen LogP contribution in [0, 0.1) is 13.8 Å². The molecule has 1 N–H and O–H groups in total. The second kappa shape index (κ2) is 5.48. The summed E-state index contributed by atoms with van der Waals surface area (Å²) in [6.07, 6.45) is 0. The number of rotatable bonds is 2. The summed E-state index contributed by atoms with van der Waals surface area (Å²) in [7, 11) is 1.58. The van der Waals surface area contributed by atoms with Crippen molar-refractivity contribution in [2.45, 2.75) is 19.9 Å². The van der Waals surface area contributed by atoms with Gasteiger partial charge in [0.25, 0.3) is 5.91 Å². The van der Waals surface area contributed by atoms with Crippen LogP contribution in [0.3, 0.4) is 0 Å². The van der Waals surface area contributed by atoms with Gasteiger partial charge in [0, 0.05) is 0 Å². The summed E-state index contributed by atoms with van der Waals surface area (Å²) < 4.78 is 11.1. The van der Waals surface area contributed by atoms with Crippen LogP contribution in [0.15, 0.2) is 45.6 Å². The summed E-state index contributed by atoms with van der Waals surface area (Å²) >= 11 is 0. The van der Waals surface area contributed by atoms with Gasteiger partial charge < -0.3 is 14.5 Å². The molecule has 0 fully saturated rings. The Morgan fingerprint density at radius 1 is 1.12 bits per heavy atom. The highest BCUT2D eigenvalue weighted by Gasteiger charge is 2.36. The van der Waals surface area contributed by atoms with Crippen molar-refractivity contribution < 1.29 is 13.9 Å². The van der Waals surface area contributed by atoms with E-state index in [1.165, 1.54) is 0 Å². The molecular weight excluding hydrogens is 318 g/mol. The zero-order valence-electron chi connectivity index (χ0n) is 14.2. The second-order valence-electron chi connectivity index (χ2n) is 6.32. The molecule has 3 aromatic rings. The molecule has 2 heterocycles. The van der Waals surface area contributed by atoms with E-state index in [1.807, 2.05) is 44.2 Å². The third kappa shape index (κ3) is 2.31. The molecule has 0 bridgehead atoms. The number of hydrogen-bond donors (Lipinski definition) is 1. The molecule has 2 aromatic carbocycles. The lowest BCUT2D eigenvalue weighted by Gasteiger charge is -2.13. The Kier molecular flexibility index (Phi) is 3.39. The van der Waals surface area contributed by atoms with Gasteiger partial charge in [-0.1, -0.05) is 18.2 Å². The van der Waals surface area contributed by atoms with Crippen molar-refractivity contribution in [3.63, 3.8) is 0 Å². The van der Waals surface area contributed by atoms with E-state index in [0.717, 1.165) is 16.7 Å². The normalized spacial score (nSPS) is 16.0. The lowest BCUT2D eigenvalue weighted by molar-refractivity contribution is 0.0938. The zero-order valence-corrected chi connectivity index (χ0v) is 14.2. The molecule has 1 unspecified atom stereocenters. The number of benzene rings is 2. The number of fused-ring (bicyclic) bond motifs is 2. The molecule has 0 spiro atoms. The van der Waals surface area contributed by atoms with Gasteiger partial charge in [0.2, 0.25) is 5.76 Å². The highest BCUT2D eigenvalue weighted by atomic mass is 16.5. The van der Waals surface area contributed by atoms with Crippen LogP contribution in [0.1, 0.15) is 38.9 Å². The predicted octanol–water partition coefficient (Wildman–Crippen LogP) is 3.25. The van der Waals surface area contributed by atoms with Crippen molar-refractivity contribution >= 4 is 16.9 Å². The van der Waals surface area contributed by atoms with Crippen LogP contribution < -0.4 is 15.5 Å². The summed E-state index contributed by atoms with van der Waals surface area (Å²) in [6, 6.07) is 10.5. The van der Waals surface area contributed by atoms with E-state index in [0.29, 0.717) is 22.3 Å². The average Bonchev–Trinajstić information content (AvgIpc) is 2.93. The van der Waals surface area contributed by atoms with E-state index in [4.69, 9.17) is 9.15 Å². The third-order valence-electron chi connectivity index (χ3n) is 4.55. The molecule has 0 saturated carbocycles. The van der Waals surface area contributed by atoms with Crippen LogP contribution in [0.4, 0.5) is 0 Å². The van der Waals surface area contributed by atoms with E-state index >= 15 is 0 Å². The van der Waals surface area contributed by atoms with Gasteiger partial charge in [0.05, 0.1) is 24.1 Å². The van der Waals surface area contributed by atoms with Crippen LogP contribution in [0.2, 0.25) is 0 Å². The van der Waals surface area contributed by atoms with Gasteiger partial charge in [-0.3, -0.25) is 9.59 Å². The lowest BCUT2D eigenvalue weighted by Crippen LogP contribution is -2.22. The zero-order chi connectivity index (χ0) is 17.7. The molecule has 0 saturated heterocycles. The second-order valence-corrected chi connectivity index (χ2v) is 6.32. The Hall–Kier alpha value is -3.08. The summed E-state index contributed by atoms with van der Waals surface area (Å²) in [5, 5.41) is 3.35. The van der Waals surface area contributed by atoms with Gasteiger partial charge in [-0.05, 0) is 48.7 Å². The number of ether oxygens (including phenoxy) is 1. The minimum Gasteiger partial charge on any atom is -0.497 e. The van der Waals surface area contributed by atoms with Crippen LogP contribution in [-0.4, -0.2) is 13.0 Å². The topological polar surface area (TPSA) is 68.5 Å². The first kappa shape index (κ1) is 15.4. The molecule has 0 radical (unpaired) electrons. The van der Waals surface area contributed by atoms with Crippen LogP contribution >= 0.6 is 0 Å². The number of nitrogens with one attached hydrogen (secondary N) is 1. The van der Waals surface area contributed by atoms with Gasteiger partial charge in [0.15, 0.2) is 5.43 Å². The molecule has 126 valence electrons. The fourth-order valence-corrected chi connectivity index (χ4v) is 3.43. The molecule has 25 heavy (non-hydrogen) atoms. The van der Waals surface area contributed by atoms with Crippen LogP contribution in [-0.2, 0) is 0 Å². The molecular formula is C20H17NO4. The largest absolute Gasteiger partial charge is 0.497 e. The minimum atomic E-state index is -0.543. The van der Waals surface area contributed by atoms with E-state index < -0.39 is 6.04 Å². The van der Waals surface area contributed by atoms with Crippen molar-refractivity contribution in [2.24, 2.45) is 0 Å². The summed E-state index contributed by atoms with van der Waals surface area (Å²) in [6.45, 7) is 3.80. The smallest absolute Gasteiger partial charge is 0.288 e. The van der Waals surface area contributed by atoms with E-state index in [2.05, 4.69) is 5.32 Å². The Morgan fingerprint density at radius 2 is 1.92 bits per heavy atom. The summed E-state index contributed by atoms with van der Waals surface area (Å²) in [5.74, 6) is 0.385. The van der Waals surface area contributed by atoms with Crippen molar-refractivity contribution in [3.05, 3.63) is 74.6 Å². The first-order valence-corrected chi connectivity index (χ1v) is 8.02. The van der Waals surface area contributed by atoms with Gasteiger partial charge in [0.1, 0.15) is 11.3 Å². The molecule has 5 heteroatoms. The number of methoxy groups -OCH3 is 1. The Labute approximate surface area is 144 Å². The molecule has 1 aliphatic heterocycles. The average molecular weight is 335 g/mol. The van der Waals surface area contributed by atoms with Crippen molar-refractivity contribution in [3.8, 4) is 5.75 Å². The van der Waals surface area contributed by atoms with Crippen LogP contribution in [0.25, 0.3) is 11.0 Å². The molecule has 1 amide bonds. The van der Waals surface area contributed by atoms with E-state index in [-0.39, 0.29) is 17.1 Å². The molecule has 5 nitrogen and oxygen atoms in total. The lowest BCUT2D eigenvalue weighted by atomic mass is 9.98. The number of carbonyl (C=O) groups excluding carboxylic acids is 1. The minimum absolute atomic E-state index is 0.0947. The third-order valence-corrected chi connectivity index (χ3v) is 4.55. The Morgan fingerprint density at radius 3 is 2.68 bits per heavy atom. The van der Waals surface area contributed by atoms with Crippen molar-refractivity contribution in [2.75, 3.05) is 7.11 Å². The number of aryl methyl sites for hydroxylation is 2. The molecule has 4 rings (SSSR count). The maximum Gasteiger partial charge on any atom is 0.288 e. The van der Waals surface area contributed by atoms with E-state index in [1.54, 1.807) is 13.2 Å². The Balaban J connectivity index is 2.00. The quantitative estimate of drug-likeness (QED) is 0.780. The maximum absolute atomic E-state index is 13.1. The van der Waals surface area contributed by atoms with Crippen LogP contribution in [0.5, 0.6) is 5.75 Å². The number of carbonyl (C=O) groups is 1. The monoisotopic (exact) mass is 335 g/mol. The first-order chi connectivity index (χ1) is 12.0. The molecule has 0 aliphatic carbocycles. The Bertz CT molecular complexity index is 1080. The fourth-order valence-electron chi connectivity index (χ4n) is 3.43. The number of hydrogen-bond acceptors (Lipinski definition) is 4. The maximum atomic E-state index is 13.1. The molecule has 1 atom stereocenters. The molecule has 1 aromatic heterocycles. The van der Waals surface area contributed by atoms with Gasteiger partial charge >= 0.3 is 0 Å². The van der Waals surface area contributed by atoms with Gasteiger partial charge in [-0.15, -0.1) is 0 Å². The summed E-state index contributed by atoms with van der Waals surface area (Å²) in [4.78, 5) is 25.5. The van der Waals surface area contributed by atoms with Gasteiger partial charge in [-0.2, -0.15) is 0 Å². The standard InChI is InChI=1S/C20H17NO4/c1-10-7-11(2)18-14(8-10)17(22)15-16(21-20(23)19(15)25-18)12-5-4-6-13(9-12)24-3/h4-9,16H,1-3H3,(H,21,23). The van der Waals surface area contributed by atoms with Gasteiger partial charge in [-0.25, -0.2) is 0 Å². The summed E-state index contributed by atoms with van der Waals surface area (Å²) in [5.41, 5.74) is 3.25. The van der Waals surface area contributed by atoms with Crippen molar-refractivity contribution in [1.29, 1.82) is 0 Å². The fraction of sp³-hybridized carbons (Fsp3) is 0.200. The highest BCUT2D eigenvalue weighted by Crippen LogP contribution is 2.33. The van der Waals surface area contributed by atoms with Crippen molar-refractivity contribution in [1.82, 2.24) is 5.32 Å².